The van der Waals surface area contributed by atoms with Crippen molar-refractivity contribution in [2.24, 2.45) is 0 Å². The van der Waals surface area contributed by atoms with Gasteiger partial charge in [-0.25, -0.2) is 19.3 Å². The topological polar surface area (TPSA) is 147 Å². The molecule has 1 unspecified atom stereocenters. The summed E-state index contributed by atoms with van der Waals surface area (Å²) in [6.45, 7) is 12.1. The molecule has 3 aliphatic heterocycles. The summed E-state index contributed by atoms with van der Waals surface area (Å²) in [5, 5.41) is 6.66. The van der Waals surface area contributed by atoms with Gasteiger partial charge in [-0.15, -0.1) is 5.10 Å². The number of methoxy groups -OCH3 is 1. The number of pyridine rings is 1. The number of aromatic nitrogens is 4. The lowest BCUT2D eigenvalue weighted by atomic mass is 10.00. The highest BCUT2D eigenvalue weighted by Crippen LogP contribution is 2.38. The number of carbonyl (C=O) groups excluding carboxylic acids is 3. The minimum Gasteiger partial charge on any atom is -0.453 e. The molecule has 51 heavy (non-hydrogen) atoms. The molecular weight excluding hydrogens is 675 g/mol. The number of amides is 3. The smallest absolute Gasteiger partial charge is 0.417 e. The predicted molar refractivity (Wildman–Crippen MR) is 180 cm³/mol. The van der Waals surface area contributed by atoms with Crippen LogP contribution in [0.25, 0.3) is 16.9 Å². The molecule has 3 fully saturated rings. The van der Waals surface area contributed by atoms with Gasteiger partial charge in [-0.1, -0.05) is 6.58 Å². The summed E-state index contributed by atoms with van der Waals surface area (Å²) in [6, 6.07) is 2.64. The molecule has 0 saturated carbocycles. The van der Waals surface area contributed by atoms with Crippen LogP contribution in [0.1, 0.15) is 26.4 Å². The van der Waals surface area contributed by atoms with E-state index in [2.05, 4.69) is 36.6 Å². The number of ether oxygens (including phenoxy) is 3. The second kappa shape index (κ2) is 14.4. The Hall–Kier alpha value is -4.81. The summed E-state index contributed by atoms with van der Waals surface area (Å²) in [5.74, 6) is -0.486. The van der Waals surface area contributed by atoms with Crippen LogP contribution in [0.5, 0.6) is 0 Å². The normalized spacial score (nSPS) is 20.0. The number of rotatable bonds is 7. The van der Waals surface area contributed by atoms with E-state index in [1.54, 1.807) is 16.0 Å². The van der Waals surface area contributed by atoms with Gasteiger partial charge in [0.15, 0.2) is 17.7 Å². The fourth-order valence-corrected chi connectivity index (χ4v) is 6.42. The highest BCUT2D eigenvalue weighted by atomic mass is 19.4. The zero-order valence-electron chi connectivity index (χ0n) is 28.6. The number of alkyl halides is 3. The first-order chi connectivity index (χ1) is 24.3. The van der Waals surface area contributed by atoms with Crippen molar-refractivity contribution < 1.29 is 43.2 Å². The molecule has 18 heteroatoms. The Kier molecular flexibility index (Phi) is 10.2. The molecule has 6 heterocycles. The lowest BCUT2D eigenvalue weighted by molar-refractivity contribution is -0.165. The molecule has 6 rings (SSSR count). The molecule has 0 spiro atoms. The van der Waals surface area contributed by atoms with Gasteiger partial charge in [-0.3, -0.25) is 19.8 Å². The quantitative estimate of drug-likeness (QED) is 0.360. The highest BCUT2D eigenvalue weighted by molar-refractivity contribution is 5.89. The average molecular weight is 718 g/mol. The van der Waals surface area contributed by atoms with Crippen LogP contribution < -0.4 is 10.2 Å². The van der Waals surface area contributed by atoms with Crippen molar-refractivity contribution in [1.82, 2.24) is 34.3 Å². The number of hydrogen-bond donors (Lipinski definition) is 1. The predicted octanol–water partition coefficient (Wildman–Crippen LogP) is 2.91. The van der Waals surface area contributed by atoms with Crippen molar-refractivity contribution in [3.63, 3.8) is 0 Å². The molecule has 0 aliphatic carbocycles. The maximum absolute atomic E-state index is 14.3. The number of carbonyl (C=O) groups is 3. The maximum atomic E-state index is 14.3. The van der Waals surface area contributed by atoms with Gasteiger partial charge in [0.2, 0.25) is 5.91 Å². The van der Waals surface area contributed by atoms with Crippen LogP contribution in [-0.2, 0) is 36.5 Å². The van der Waals surface area contributed by atoms with Crippen LogP contribution >= 0.6 is 0 Å². The third-order valence-corrected chi connectivity index (χ3v) is 9.20. The van der Waals surface area contributed by atoms with Gasteiger partial charge in [-0.2, -0.15) is 13.2 Å². The number of anilines is 2. The van der Waals surface area contributed by atoms with Gasteiger partial charge in [0.1, 0.15) is 11.3 Å². The zero-order chi connectivity index (χ0) is 36.5. The average Bonchev–Trinajstić information content (AvgIpc) is 3.53. The van der Waals surface area contributed by atoms with Crippen molar-refractivity contribution in [3.8, 4) is 11.4 Å². The molecular formula is C33H42F3N9O6. The van der Waals surface area contributed by atoms with Crippen molar-refractivity contribution in [2.45, 2.75) is 38.2 Å². The van der Waals surface area contributed by atoms with Gasteiger partial charge < -0.3 is 28.9 Å². The first-order valence-electron chi connectivity index (χ1n) is 16.5. The molecule has 1 atom stereocenters. The van der Waals surface area contributed by atoms with E-state index in [9.17, 15) is 27.6 Å². The monoisotopic (exact) mass is 717 g/mol. The van der Waals surface area contributed by atoms with E-state index >= 15 is 0 Å². The Balaban J connectivity index is 0.00000523. The molecule has 0 aromatic carbocycles. The molecule has 3 aliphatic rings. The number of fused-ring (bicyclic) bond motifs is 1. The Bertz CT molecular complexity index is 1810. The van der Waals surface area contributed by atoms with E-state index in [1.165, 1.54) is 10.6 Å². The van der Waals surface area contributed by atoms with Gasteiger partial charge in [0.05, 0.1) is 50.1 Å². The standard InChI is InChI=1S/C33H40F3N9O6.H2/c1-5-27(46)44-19-25(51-20-32(44,2)3)30(47)43-8-6-41(7-9-43)17-21-14-24-29(42-10-12-50-13-11-42)39-28(40-45(24)18-21)22-16-37-26(38-31(48)49-4)15-23(22)33(34,35)36;/h5,14-16,18,25H,1,6-13,17,19-20H2,2-4H3,(H,37,38,48);1H. The molecule has 3 amide bonds. The van der Waals surface area contributed by atoms with Crippen molar-refractivity contribution >= 4 is 35.1 Å². The van der Waals surface area contributed by atoms with Gasteiger partial charge in [-0.05, 0) is 37.6 Å². The number of piperazine rings is 1. The summed E-state index contributed by atoms with van der Waals surface area (Å²) in [6.07, 6.45) is -2.54. The van der Waals surface area contributed by atoms with Crippen LogP contribution in [-0.4, -0.2) is 137 Å². The fourth-order valence-electron chi connectivity index (χ4n) is 6.42. The van der Waals surface area contributed by atoms with E-state index in [1.807, 2.05) is 24.8 Å². The number of nitrogens with zero attached hydrogens (tertiary/aromatic N) is 8. The summed E-state index contributed by atoms with van der Waals surface area (Å²) in [4.78, 5) is 53.6. The Morgan fingerprint density at radius 2 is 1.86 bits per heavy atom. The third kappa shape index (κ3) is 7.77. The molecule has 0 bridgehead atoms. The van der Waals surface area contributed by atoms with E-state index in [-0.39, 0.29) is 43.6 Å². The summed E-state index contributed by atoms with van der Waals surface area (Å²) < 4.78 is 60.4. The number of morpholine rings is 2. The molecule has 1 N–H and O–H groups in total. The molecule has 0 radical (unpaired) electrons. The lowest BCUT2D eigenvalue weighted by Crippen LogP contribution is -2.62. The minimum absolute atomic E-state index is 0. The number of nitrogens with one attached hydrogen (secondary N) is 1. The number of hydrogen-bond acceptors (Lipinski definition) is 11. The van der Waals surface area contributed by atoms with Gasteiger partial charge in [0, 0.05) is 59.6 Å². The van der Waals surface area contributed by atoms with Crippen LogP contribution in [0.15, 0.2) is 37.2 Å². The summed E-state index contributed by atoms with van der Waals surface area (Å²) >= 11 is 0. The minimum atomic E-state index is -4.81. The summed E-state index contributed by atoms with van der Waals surface area (Å²) in [5.41, 5.74) is -0.504. The van der Waals surface area contributed by atoms with E-state index in [0.717, 1.165) is 24.9 Å². The van der Waals surface area contributed by atoms with Gasteiger partial charge >= 0.3 is 12.3 Å². The first kappa shape index (κ1) is 36.0. The second-order valence-electron chi connectivity index (χ2n) is 13.1. The molecule has 3 aromatic rings. The summed E-state index contributed by atoms with van der Waals surface area (Å²) in [7, 11) is 1.09. The van der Waals surface area contributed by atoms with E-state index in [0.29, 0.717) is 70.4 Å². The Morgan fingerprint density at radius 1 is 1.14 bits per heavy atom. The van der Waals surface area contributed by atoms with Crippen LogP contribution in [0.2, 0.25) is 0 Å². The van der Waals surface area contributed by atoms with Crippen LogP contribution in [0, 0.1) is 0 Å². The van der Waals surface area contributed by atoms with Gasteiger partial charge in [0.25, 0.3) is 5.91 Å². The van der Waals surface area contributed by atoms with Crippen LogP contribution in [0.4, 0.5) is 29.6 Å². The van der Waals surface area contributed by atoms with Crippen molar-refractivity contribution in [2.75, 3.05) is 83.0 Å². The van der Waals surface area contributed by atoms with Crippen molar-refractivity contribution in [3.05, 3.63) is 48.3 Å². The Morgan fingerprint density at radius 3 is 2.53 bits per heavy atom. The number of halogens is 3. The van der Waals surface area contributed by atoms with E-state index in [4.69, 9.17) is 9.47 Å². The van der Waals surface area contributed by atoms with Crippen LogP contribution in [0.3, 0.4) is 0 Å². The fraction of sp³-hybridized carbons (Fsp3) is 0.515. The SMILES string of the molecule is C=CC(=O)N1CC(C(=O)N2CCN(Cc3cc4c(N5CCOCC5)nc(-c5cnc(NC(=O)OC)cc5C(F)(F)F)nn4c3)CC2)OCC1(C)C.[HH]. The largest absolute Gasteiger partial charge is 0.453 e. The molecule has 276 valence electrons. The molecule has 3 aromatic heterocycles. The van der Waals surface area contributed by atoms with Crippen molar-refractivity contribution in [1.29, 1.82) is 0 Å². The first-order valence-corrected chi connectivity index (χ1v) is 16.5. The third-order valence-electron chi connectivity index (χ3n) is 9.20. The highest BCUT2D eigenvalue weighted by Gasteiger charge is 2.41. The molecule has 15 nitrogen and oxygen atoms in total. The Labute approximate surface area is 293 Å². The molecule has 3 saturated heterocycles. The maximum Gasteiger partial charge on any atom is 0.417 e. The zero-order valence-corrected chi connectivity index (χ0v) is 28.6. The lowest BCUT2D eigenvalue weighted by Gasteiger charge is -2.45. The van der Waals surface area contributed by atoms with E-state index < -0.39 is 29.5 Å². The second-order valence-corrected chi connectivity index (χ2v) is 13.1.